The van der Waals surface area contributed by atoms with Crippen LogP contribution >= 0.6 is 0 Å². The molecule has 1 atom stereocenters. The van der Waals surface area contributed by atoms with Crippen LogP contribution in [0.5, 0.6) is 11.5 Å². The zero-order valence-corrected chi connectivity index (χ0v) is 17.1. The highest BCUT2D eigenvalue weighted by atomic mass is 19.1. The third-order valence-electron chi connectivity index (χ3n) is 5.30. The zero-order chi connectivity index (χ0) is 20.5. The Balaban J connectivity index is 1.87. The molecular formula is C23H24FN3O2. The van der Waals surface area contributed by atoms with Gasteiger partial charge in [0.2, 0.25) is 0 Å². The molecule has 0 radical (unpaired) electrons. The van der Waals surface area contributed by atoms with Crippen LogP contribution < -0.4 is 9.47 Å². The second-order valence-electron chi connectivity index (χ2n) is 7.13. The van der Waals surface area contributed by atoms with Gasteiger partial charge in [0.1, 0.15) is 5.82 Å². The molecule has 0 fully saturated rings. The van der Waals surface area contributed by atoms with E-state index < -0.39 is 0 Å². The maximum Gasteiger partial charge on any atom is 0.161 e. The van der Waals surface area contributed by atoms with E-state index in [2.05, 4.69) is 6.92 Å². The number of methoxy groups -OCH3 is 2. The van der Waals surface area contributed by atoms with E-state index >= 15 is 0 Å². The summed E-state index contributed by atoms with van der Waals surface area (Å²) in [7, 11) is 3.26. The predicted octanol–water partition coefficient (Wildman–Crippen LogP) is 5.35. The van der Waals surface area contributed by atoms with E-state index in [0.29, 0.717) is 11.5 Å². The van der Waals surface area contributed by atoms with Crippen molar-refractivity contribution in [3.8, 4) is 22.6 Å². The molecule has 0 unspecified atom stereocenters. The van der Waals surface area contributed by atoms with Gasteiger partial charge >= 0.3 is 0 Å². The van der Waals surface area contributed by atoms with Gasteiger partial charge in [-0.15, -0.1) is 0 Å². The standard InChI is InChI=1S/C23H24FN3O2/c1-5-18-22(15-6-9-17(24)10-7-15)23-25-14(2)12-19(27(23)26-18)16-8-11-20(28-3)21(13-16)29-4/h6-11,13,19H,5,12H2,1-4H3/t19-/m1/s1. The molecule has 6 heteroatoms. The molecule has 0 aliphatic carbocycles. The number of ether oxygens (including phenoxy) is 2. The first kappa shape index (κ1) is 19.2. The van der Waals surface area contributed by atoms with E-state index in [1.807, 2.05) is 29.8 Å². The van der Waals surface area contributed by atoms with E-state index in [4.69, 9.17) is 19.6 Å². The lowest BCUT2D eigenvalue weighted by Crippen LogP contribution is -2.19. The highest BCUT2D eigenvalue weighted by Crippen LogP contribution is 2.42. The monoisotopic (exact) mass is 393 g/mol. The zero-order valence-electron chi connectivity index (χ0n) is 17.1. The average molecular weight is 393 g/mol. The van der Waals surface area contributed by atoms with Crippen molar-refractivity contribution in [3.05, 3.63) is 59.5 Å². The third kappa shape index (κ3) is 3.39. The highest BCUT2D eigenvalue weighted by molar-refractivity contribution is 5.90. The average Bonchev–Trinajstić information content (AvgIpc) is 3.11. The molecule has 1 aromatic heterocycles. The van der Waals surface area contributed by atoms with E-state index in [1.165, 1.54) is 12.1 Å². The maximum atomic E-state index is 13.5. The number of halogens is 1. The molecule has 0 bridgehead atoms. The minimum Gasteiger partial charge on any atom is -0.493 e. The van der Waals surface area contributed by atoms with Gasteiger partial charge in [0, 0.05) is 17.7 Å². The predicted molar refractivity (Wildman–Crippen MR) is 112 cm³/mol. The molecule has 0 spiro atoms. The van der Waals surface area contributed by atoms with Gasteiger partial charge in [0.25, 0.3) is 0 Å². The molecule has 0 saturated carbocycles. The maximum absolute atomic E-state index is 13.5. The molecule has 1 aliphatic heterocycles. The minimum absolute atomic E-state index is 0.00167. The molecule has 0 saturated heterocycles. The van der Waals surface area contributed by atoms with Gasteiger partial charge in [-0.1, -0.05) is 25.1 Å². The lowest BCUT2D eigenvalue weighted by molar-refractivity contribution is 0.353. The fourth-order valence-electron chi connectivity index (χ4n) is 3.87. The molecule has 5 nitrogen and oxygen atoms in total. The molecule has 3 aromatic rings. The number of hydrogen-bond acceptors (Lipinski definition) is 4. The van der Waals surface area contributed by atoms with Crippen LogP contribution in [-0.2, 0) is 6.42 Å². The van der Waals surface area contributed by atoms with Gasteiger partial charge in [0.05, 0.1) is 26.0 Å². The number of hydrogen-bond donors (Lipinski definition) is 0. The van der Waals surface area contributed by atoms with E-state index in [9.17, 15) is 4.39 Å². The Morgan fingerprint density at radius 1 is 1.07 bits per heavy atom. The smallest absolute Gasteiger partial charge is 0.161 e. The Kier molecular flexibility index (Phi) is 5.09. The van der Waals surface area contributed by atoms with Crippen molar-refractivity contribution in [2.45, 2.75) is 32.7 Å². The quantitative estimate of drug-likeness (QED) is 0.587. The van der Waals surface area contributed by atoms with Crippen molar-refractivity contribution in [1.82, 2.24) is 9.78 Å². The van der Waals surface area contributed by atoms with Gasteiger partial charge < -0.3 is 9.47 Å². The van der Waals surface area contributed by atoms with Crippen LogP contribution in [0.3, 0.4) is 0 Å². The van der Waals surface area contributed by atoms with Crippen LogP contribution in [0, 0.1) is 5.82 Å². The van der Waals surface area contributed by atoms with Gasteiger partial charge in [-0.25, -0.2) is 14.1 Å². The molecule has 1 aliphatic rings. The largest absolute Gasteiger partial charge is 0.493 e. The Morgan fingerprint density at radius 3 is 2.45 bits per heavy atom. The molecule has 0 amide bonds. The Bertz CT molecular complexity index is 1070. The summed E-state index contributed by atoms with van der Waals surface area (Å²) in [6.07, 6.45) is 1.52. The van der Waals surface area contributed by atoms with Crippen LogP contribution in [0.25, 0.3) is 11.1 Å². The number of aliphatic imine (C=N–C) groups is 1. The van der Waals surface area contributed by atoms with Crippen molar-refractivity contribution >= 4 is 11.5 Å². The Labute approximate surface area is 169 Å². The SMILES string of the molecule is CCc1nn2c(c1-c1ccc(F)cc1)N=C(C)C[C@@H]2c1ccc(OC)c(OC)c1. The van der Waals surface area contributed by atoms with E-state index in [-0.39, 0.29) is 11.9 Å². The first-order valence-corrected chi connectivity index (χ1v) is 9.69. The topological polar surface area (TPSA) is 48.6 Å². The molecule has 150 valence electrons. The molecule has 4 rings (SSSR count). The molecular weight excluding hydrogens is 369 g/mol. The summed E-state index contributed by atoms with van der Waals surface area (Å²) in [5, 5.41) is 4.90. The number of benzene rings is 2. The first-order valence-electron chi connectivity index (χ1n) is 9.69. The van der Waals surface area contributed by atoms with Gasteiger partial charge in [-0.2, -0.15) is 5.10 Å². The number of aromatic nitrogens is 2. The van der Waals surface area contributed by atoms with Gasteiger partial charge in [-0.05, 0) is 48.7 Å². The van der Waals surface area contributed by atoms with Crippen molar-refractivity contribution in [2.24, 2.45) is 4.99 Å². The highest BCUT2D eigenvalue weighted by Gasteiger charge is 2.29. The number of nitrogens with zero attached hydrogens (tertiary/aromatic N) is 3. The summed E-state index contributed by atoms with van der Waals surface area (Å²) in [6, 6.07) is 12.5. The summed E-state index contributed by atoms with van der Waals surface area (Å²) in [4.78, 5) is 4.83. The van der Waals surface area contributed by atoms with Crippen LogP contribution in [0.2, 0.25) is 0 Å². The third-order valence-corrected chi connectivity index (χ3v) is 5.30. The normalized spacial score (nSPS) is 15.6. The van der Waals surface area contributed by atoms with Crippen molar-refractivity contribution in [3.63, 3.8) is 0 Å². The van der Waals surface area contributed by atoms with Crippen LogP contribution in [0.4, 0.5) is 10.2 Å². The number of rotatable bonds is 5. The van der Waals surface area contributed by atoms with Gasteiger partial charge in [-0.3, -0.25) is 0 Å². The second-order valence-corrected chi connectivity index (χ2v) is 7.13. The van der Waals surface area contributed by atoms with E-state index in [1.54, 1.807) is 26.4 Å². The van der Waals surface area contributed by atoms with E-state index in [0.717, 1.165) is 46.8 Å². The summed E-state index contributed by atoms with van der Waals surface area (Å²) in [5.41, 5.74) is 4.96. The number of fused-ring (bicyclic) bond motifs is 1. The van der Waals surface area contributed by atoms with Crippen LogP contribution in [0.1, 0.15) is 37.6 Å². The summed E-state index contributed by atoms with van der Waals surface area (Å²) in [6.45, 7) is 4.10. The lowest BCUT2D eigenvalue weighted by Gasteiger charge is -2.24. The molecule has 2 aromatic carbocycles. The second kappa shape index (κ2) is 7.70. The first-order chi connectivity index (χ1) is 14.0. The minimum atomic E-state index is -0.254. The summed E-state index contributed by atoms with van der Waals surface area (Å²) < 4.78 is 26.3. The molecule has 29 heavy (non-hydrogen) atoms. The fraction of sp³-hybridized carbons (Fsp3) is 0.304. The Morgan fingerprint density at radius 2 is 1.79 bits per heavy atom. The van der Waals surface area contributed by atoms with Crippen molar-refractivity contribution in [1.29, 1.82) is 0 Å². The summed E-state index contributed by atoms with van der Waals surface area (Å²) >= 11 is 0. The summed E-state index contributed by atoms with van der Waals surface area (Å²) in [5.74, 6) is 1.94. The molecule has 0 N–H and O–H groups in total. The van der Waals surface area contributed by atoms with Crippen molar-refractivity contribution < 1.29 is 13.9 Å². The van der Waals surface area contributed by atoms with Crippen molar-refractivity contribution in [2.75, 3.05) is 14.2 Å². The van der Waals surface area contributed by atoms with Crippen LogP contribution in [0.15, 0.2) is 47.5 Å². The Hall–Kier alpha value is -3.15. The number of aryl methyl sites for hydroxylation is 1. The van der Waals surface area contributed by atoms with Gasteiger partial charge in [0.15, 0.2) is 17.3 Å². The fourth-order valence-corrected chi connectivity index (χ4v) is 3.87. The van der Waals surface area contributed by atoms with Crippen LogP contribution in [-0.4, -0.2) is 29.7 Å². The molecule has 2 heterocycles. The lowest BCUT2D eigenvalue weighted by atomic mass is 9.98.